The van der Waals surface area contributed by atoms with Crippen molar-refractivity contribution in [1.82, 2.24) is 15.1 Å². The Morgan fingerprint density at radius 1 is 1.31 bits per heavy atom. The minimum absolute atomic E-state index is 0.282. The highest BCUT2D eigenvalue weighted by molar-refractivity contribution is 8.00. The van der Waals surface area contributed by atoms with Gasteiger partial charge in [-0.3, -0.25) is 9.89 Å². The molecular formula is C19H32N4OS2. The fraction of sp³-hybridized carbons (Fsp3) is 0.737. The number of nitrogens with one attached hydrogen (secondary N) is 1. The lowest BCUT2D eigenvalue weighted by atomic mass is 10.1. The molecule has 26 heavy (non-hydrogen) atoms. The molecule has 0 bridgehead atoms. The topological polar surface area (TPSA) is 40.1 Å². The molecule has 2 aliphatic rings. The summed E-state index contributed by atoms with van der Waals surface area (Å²) in [5.41, 5.74) is 0. The van der Waals surface area contributed by atoms with E-state index in [4.69, 9.17) is 4.74 Å². The molecule has 1 atom stereocenters. The molecule has 2 fully saturated rings. The average molecular weight is 397 g/mol. The first-order valence-electron chi connectivity index (χ1n) is 9.46. The van der Waals surface area contributed by atoms with Crippen molar-refractivity contribution in [2.75, 3.05) is 58.7 Å². The number of rotatable bonds is 4. The van der Waals surface area contributed by atoms with Gasteiger partial charge in [-0.05, 0) is 32.9 Å². The molecule has 1 N–H and O–H groups in total. The van der Waals surface area contributed by atoms with Crippen LogP contribution in [0.5, 0.6) is 0 Å². The van der Waals surface area contributed by atoms with Gasteiger partial charge in [0, 0.05) is 60.0 Å². The number of ether oxygens (including phenoxy) is 1. The van der Waals surface area contributed by atoms with E-state index in [0.717, 1.165) is 57.6 Å². The van der Waals surface area contributed by atoms with Crippen LogP contribution < -0.4 is 5.32 Å². The summed E-state index contributed by atoms with van der Waals surface area (Å²) in [6.45, 7) is 13.5. The minimum Gasteiger partial charge on any atom is -0.379 e. The van der Waals surface area contributed by atoms with E-state index in [-0.39, 0.29) is 4.75 Å². The van der Waals surface area contributed by atoms with Crippen LogP contribution in [0.2, 0.25) is 0 Å². The summed E-state index contributed by atoms with van der Waals surface area (Å²) in [6, 6.07) is 4.89. The highest BCUT2D eigenvalue weighted by Gasteiger charge is 2.30. The number of nitrogens with zero attached hydrogens (tertiary/aromatic N) is 3. The molecule has 3 heterocycles. The third-order valence-corrected chi connectivity index (χ3v) is 7.37. The van der Waals surface area contributed by atoms with E-state index in [1.165, 1.54) is 9.75 Å². The Kier molecular flexibility index (Phi) is 6.88. The van der Waals surface area contributed by atoms with E-state index in [0.29, 0.717) is 6.04 Å². The van der Waals surface area contributed by atoms with Crippen LogP contribution in [0.3, 0.4) is 0 Å². The van der Waals surface area contributed by atoms with Crippen LogP contribution in [0.25, 0.3) is 0 Å². The van der Waals surface area contributed by atoms with Gasteiger partial charge in [0.15, 0.2) is 5.96 Å². The summed E-state index contributed by atoms with van der Waals surface area (Å²) < 4.78 is 5.84. The number of thiophene rings is 1. The van der Waals surface area contributed by atoms with E-state index in [9.17, 15) is 0 Å². The van der Waals surface area contributed by atoms with Gasteiger partial charge in [0.25, 0.3) is 0 Å². The average Bonchev–Trinajstić information content (AvgIpc) is 3.05. The maximum Gasteiger partial charge on any atom is 0.193 e. The molecule has 0 amide bonds. The normalized spacial score (nSPS) is 23.1. The Labute approximate surface area is 166 Å². The van der Waals surface area contributed by atoms with Crippen LogP contribution >= 0.6 is 23.1 Å². The van der Waals surface area contributed by atoms with Gasteiger partial charge in [0.1, 0.15) is 0 Å². The molecule has 146 valence electrons. The van der Waals surface area contributed by atoms with Crippen molar-refractivity contribution < 1.29 is 4.74 Å². The Balaban J connectivity index is 1.68. The Morgan fingerprint density at radius 3 is 2.69 bits per heavy atom. The zero-order chi connectivity index (χ0) is 18.6. The van der Waals surface area contributed by atoms with Gasteiger partial charge in [-0.2, -0.15) is 11.8 Å². The monoisotopic (exact) mass is 396 g/mol. The molecule has 0 spiro atoms. The van der Waals surface area contributed by atoms with Crippen molar-refractivity contribution in [3.8, 4) is 0 Å². The van der Waals surface area contributed by atoms with Crippen LogP contribution in [0.4, 0.5) is 0 Å². The number of guanidine groups is 1. The van der Waals surface area contributed by atoms with E-state index in [1.807, 2.05) is 18.4 Å². The Hall–Kier alpha value is -0.760. The Morgan fingerprint density at radius 2 is 2.08 bits per heavy atom. The SMILES string of the molecule is CN=C(NCC(c1ccc(C)s1)N1CCOCC1)N1CCSC(C)(C)C1. The molecule has 2 saturated heterocycles. The summed E-state index contributed by atoms with van der Waals surface area (Å²) in [6.07, 6.45) is 0. The van der Waals surface area contributed by atoms with Crippen molar-refractivity contribution in [1.29, 1.82) is 0 Å². The third-order valence-electron chi connectivity index (χ3n) is 4.97. The predicted molar refractivity (Wildman–Crippen MR) is 114 cm³/mol. The zero-order valence-corrected chi connectivity index (χ0v) is 18.1. The van der Waals surface area contributed by atoms with Gasteiger partial charge in [-0.1, -0.05) is 0 Å². The summed E-state index contributed by atoms with van der Waals surface area (Å²) in [4.78, 5) is 12.3. The molecule has 0 saturated carbocycles. The van der Waals surface area contributed by atoms with Crippen LogP contribution in [0.15, 0.2) is 17.1 Å². The molecule has 1 aromatic heterocycles. The lowest BCUT2D eigenvalue weighted by molar-refractivity contribution is 0.0176. The number of hydrogen-bond donors (Lipinski definition) is 1. The Bertz CT molecular complexity index is 610. The number of morpholine rings is 1. The second-order valence-corrected chi connectivity index (χ2v) is 10.7. The maximum atomic E-state index is 5.56. The number of aliphatic imine (C=N–C) groups is 1. The molecule has 5 nitrogen and oxygen atoms in total. The van der Waals surface area contributed by atoms with Crippen molar-refractivity contribution >= 4 is 29.1 Å². The lowest BCUT2D eigenvalue weighted by Crippen LogP contribution is -2.52. The summed E-state index contributed by atoms with van der Waals surface area (Å²) in [5, 5.41) is 3.67. The largest absolute Gasteiger partial charge is 0.379 e. The minimum atomic E-state index is 0.282. The van der Waals surface area contributed by atoms with Crippen molar-refractivity contribution in [3.05, 3.63) is 21.9 Å². The van der Waals surface area contributed by atoms with Crippen LogP contribution in [-0.2, 0) is 4.74 Å². The second-order valence-electron chi connectivity index (χ2n) is 7.57. The molecule has 3 rings (SSSR count). The summed E-state index contributed by atoms with van der Waals surface area (Å²) in [7, 11) is 1.90. The third kappa shape index (κ3) is 5.15. The molecule has 0 radical (unpaired) electrons. The standard InChI is InChI=1S/C19H32N4OS2/c1-15-5-6-17(26-15)16(22-7-10-24-11-8-22)13-21-18(20-4)23-9-12-25-19(2,3)14-23/h5-6,16H,7-14H2,1-4H3,(H,20,21). The second kappa shape index (κ2) is 8.95. The lowest BCUT2D eigenvalue weighted by Gasteiger charge is -2.40. The van der Waals surface area contributed by atoms with Crippen molar-refractivity contribution in [3.63, 3.8) is 0 Å². The first kappa shape index (κ1) is 20.0. The molecule has 1 unspecified atom stereocenters. The predicted octanol–water partition coefficient (Wildman–Crippen LogP) is 2.83. The highest BCUT2D eigenvalue weighted by atomic mass is 32.2. The van der Waals surface area contributed by atoms with E-state index >= 15 is 0 Å². The van der Waals surface area contributed by atoms with Gasteiger partial charge in [-0.25, -0.2) is 0 Å². The van der Waals surface area contributed by atoms with E-state index in [1.54, 1.807) is 0 Å². The zero-order valence-electron chi connectivity index (χ0n) is 16.5. The van der Waals surface area contributed by atoms with Crippen LogP contribution in [0, 0.1) is 6.92 Å². The molecular weight excluding hydrogens is 364 g/mol. The number of thioether (sulfide) groups is 1. The van der Waals surface area contributed by atoms with Gasteiger partial charge in [0.05, 0.1) is 19.3 Å². The first-order chi connectivity index (χ1) is 12.5. The van der Waals surface area contributed by atoms with Crippen LogP contribution in [-0.4, -0.2) is 79.2 Å². The maximum absolute atomic E-state index is 5.56. The van der Waals surface area contributed by atoms with E-state index < -0.39 is 0 Å². The number of hydrogen-bond acceptors (Lipinski definition) is 5. The first-order valence-corrected chi connectivity index (χ1v) is 11.3. The van der Waals surface area contributed by atoms with Crippen molar-refractivity contribution in [2.24, 2.45) is 4.99 Å². The summed E-state index contributed by atoms with van der Waals surface area (Å²) >= 11 is 3.96. The molecule has 1 aromatic rings. The fourth-order valence-corrected chi connectivity index (χ4v) is 5.77. The van der Waals surface area contributed by atoms with Crippen LogP contribution in [0.1, 0.15) is 29.6 Å². The number of aryl methyl sites for hydroxylation is 1. The highest BCUT2D eigenvalue weighted by Crippen LogP contribution is 2.30. The molecule has 0 aliphatic carbocycles. The quantitative estimate of drug-likeness (QED) is 0.626. The smallest absolute Gasteiger partial charge is 0.193 e. The van der Waals surface area contributed by atoms with E-state index in [2.05, 4.69) is 64.8 Å². The molecule has 7 heteroatoms. The van der Waals surface area contributed by atoms with Gasteiger partial charge in [0.2, 0.25) is 0 Å². The summed E-state index contributed by atoms with van der Waals surface area (Å²) in [5.74, 6) is 2.19. The van der Waals surface area contributed by atoms with Gasteiger partial charge >= 0.3 is 0 Å². The fourth-order valence-electron chi connectivity index (χ4n) is 3.65. The molecule has 2 aliphatic heterocycles. The molecule has 0 aromatic carbocycles. The van der Waals surface area contributed by atoms with Gasteiger partial charge < -0.3 is 15.0 Å². The van der Waals surface area contributed by atoms with Crippen molar-refractivity contribution in [2.45, 2.75) is 31.6 Å². The van der Waals surface area contributed by atoms with Gasteiger partial charge in [-0.15, -0.1) is 11.3 Å².